The summed E-state index contributed by atoms with van der Waals surface area (Å²) in [6.07, 6.45) is 22.6. The number of aliphatic hydroxyl groups excluding tert-OH is 1. The Balaban J connectivity index is 0. The predicted molar refractivity (Wildman–Crippen MR) is 181 cm³/mol. The Morgan fingerprint density at radius 2 is 1.44 bits per heavy atom. The molecule has 4 unspecified atom stereocenters. The van der Waals surface area contributed by atoms with Crippen LogP contribution in [0, 0.1) is 11.3 Å². The number of rotatable bonds is 29. The molecular weight excluding hydrogens is 770 g/mol. The van der Waals surface area contributed by atoms with Gasteiger partial charge in [-0.05, 0) is 26.7 Å². The Bertz CT molecular complexity index is 653. The molecule has 1 heterocycles. The van der Waals surface area contributed by atoms with Gasteiger partial charge in [0.05, 0.1) is 45.0 Å². The van der Waals surface area contributed by atoms with Crippen LogP contribution in [0.4, 0.5) is 0 Å². The summed E-state index contributed by atoms with van der Waals surface area (Å²) in [6, 6.07) is 2.11. The first-order chi connectivity index (χ1) is 21.4. The number of unbranched alkanes of at least 4 members (excludes halogenated alkanes) is 14. The Morgan fingerprint density at radius 1 is 0.889 bits per heavy atom. The van der Waals surface area contributed by atoms with Crippen LogP contribution in [0.1, 0.15) is 143 Å². The van der Waals surface area contributed by atoms with Crippen LogP contribution in [-0.2, 0) is 43.5 Å². The monoisotopic (exact) mass is 838 g/mol. The van der Waals surface area contributed by atoms with Gasteiger partial charge in [0.2, 0.25) is 0 Å². The first kappa shape index (κ1) is 47.4. The third-order valence-electron chi connectivity index (χ3n) is 7.56. The largest absolute Gasteiger partial charge is 0.436 e. The van der Waals surface area contributed by atoms with Crippen LogP contribution in [0.3, 0.4) is 0 Å². The van der Waals surface area contributed by atoms with E-state index in [1.165, 1.54) is 89.9 Å². The maximum Gasteiger partial charge on any atom is 0.311 e. The van der Waals surface area contributed by atoms with Gasteiger partial charge in [0.15, 0.2) is 6.29 Å². The van der Waals surface area contributed by atoms with Crippen LogP contribution in [0.2, 0.25) is 0 Å². The molecule has 9 nitrogen and oxygen atoms in total. The van der Waals surface area contributed by atoms with Crippen molar-refractivity contribution in [2.24, 2.45) is 0 Å². The maximum atomic E-state index is 10.4. The van der Waals surface area contributed by atoms with Gasteiger partial charge in [0.1, 0.15) is 0 Å². The maximum absolute atomic E-state index is 10.4. The fraction of sp³-hybridized carbons (Fsp3) is 0.970. The molecule has 12 heteroatoms. The Hall–Kier alpha value is 0.314. The number of aliphatic hydroxyl groups is 1. The topological polar surface area (TPSA) is 114 Å². The molecule has 0 bridgehead atoms. The number of methoxy groups -OCH3 is 1. The van der Waals surface area contributed by atoms with E-state index in [1.807, 2.05) is 31.5 Å². The smallest absolute Gasteiger partial charge is 0.311 e. The molecule has 1 rings (SSSR count). The fourth-order valence-electron chi connectivity index (χ4n) is 5.13. The molecule has 0 saturated carbocycles. The Kier molecular flexibility index (Phi) is 37.5. The molecule has 2 radical (unpaired) electrons. The molecule has 0 aromatic carbocycles. The summed E-state index contributed by atoms with van der Waals surface area (Å²) in [6.45, 7) is 10.3. The standard InChI is InChI=1S/C30H59BN2O5P.C3H8O2.Ir/c1-5-6-7-8-9-10-11-12-13-14-15-16-17-18-19-24-35-30-22-21-29(38-30)26-36-31-28(4)33(27(2)3)39(34)37-25-20-23-32;1-5-3-2-4;/h27-30,34H,5-22,24-26H2,1-4H3;4H,2-3H2,1H3;. The van der Waals surface area contributed by atoms with Crippen LogP contribution in [0.5, 0.6) is 0 Å². The van der Waals surface area contributed by atoms with E-state index in [0.29, 0.717) is 13.2 Å². The van der Waals surface area contributed by atoms with Crippen molar-refractivity contribution in [2.75, 3.05) is 40.1 Å². The van der Waals surface area contributed by atoms with Crippen molar-refractivity contribution in [1.82, 2.24) is 4.67 Å². The van der Waals surface area contributed by atoms with Crippen LogP contribution in [-0.4, -0.2) is 86.7 Å². The van der Waals surface area contributed by atoms with Crippen molar-refractivity contribution in [3.8, 4) is 6.07 Å². The van der Waals surface area contributed by atoms with E-state index in [-0.39, 0.29) is 64.1 Å². The van der Waals surface area contributed by atoms with E-state index in [0.717, 1.165) is 25.9 Å². The van der Waals surface area contributed by atoms with Gasteiger partial charge in [-0.3, -0.25) is 0 Å². The Labute approximate surface area is 292 Å². The summed E-state index contributed by atoms with van der Waals surface area (Å²) in [7, 11) is 1.52. The molecule has 2 N–H and O–H groups in total. The van der Waals surface area contributed by atoms with Gasteiger partial charge in [0.25, 0.3) is 8.53 Å². The second-order valence-corrected chi connectivity index (χ2v) is 13.2. The van der Waals surface area contributed by atoms with Crippen molar-refractivity contribution in [3.05, 3.63) is 0 Å². The summed E-state index contributed by atoms with van der Waals surface area (Å²) < 4.78 is 29.5. The van der Waals surface area contributed by atoms with Crippen molar-refractivity contribution in [3.63, 3.8) is 0 Å². The molecule has 1 aliphatic heterocycles. The average molecular weight is 838 g/mol. The molecule has 0 spiro atoms. The SMILES string of the molecule is CCCCCCCCCCCCCCCCCOC1CCC(CO[B]C(C)N(C(C)C)P(O)OCCC#N)O1.COCCO.[Ir]. The number of hydrogen-bond acceptors (Lipinski definition) is 9. The summed E-state index contributed by atoms with van der Waals surface area (Å²) in [5, 5.41) is 16.6. The van der Waals surface area contributed by atoms with E-state index < -0.39 is 8.53 Å². The van der Waals surface area contributed by atoms with Gasteiger partial charge >= 0.3 is 7.48 Å². The van der Waals surface area contributed by atoms with Crippen molar-refractivity contribution in [1.29, 1.82) is 5.26 Å². The van der Waals surface area contributed by atoms with Gasteiger partial charge in [-0.15, -0.1) is 0 Å². The summed E-state index contributed by atoms with van der Waals surface area (Å²) in [5.74, 6) is -0.123. The molecule has 0 amide bonds. The minimum atomic E-state index is -1.77. The van der Waals surface area contributed by atoms with Gasteiger partial charge in [-0.1, -0.05) is 104 Å². The summed E-state index contributed by atoms with van der Waals surface area (Å²) in [4.78, 5) is 10.4. The fourth-order valence-corrected chi connectivity index (χ4v) is 6.27. The molecule has 1 fully saturated rings. The Morgan fingerprint density at radius 3 is 1.91 bits per heavy atom. The molecule has 0 aromatic heterocycles. The molecule has 45 heavy (non-hydrogen) atoms. The molecule has 0 aromatic rings. The summed E-state index contributed by atoms with van der Waals surface area (Å²) in [5.41, 5.74) is 0. The van der Waals surface area contributed by atoms with Gasteiger partial charge in [-0.2, -0.15) is 5.26 Å². The van der Waals surface area contributed by atoms with Crippen molar-refractivity contribution in [2.45, 2.75) is 168 Å². The van der Waals surface area contributed by atoms with Crippen LogP contribution < -0.4 is 0 Å². The quantitative estimate of drug-likeness (QED) is 0.0442. The normalized spacial score (nSPS) is 17.4. The van der Waals surface area contributed by atoms with E-state index in [9.17, 15) is 4.89 Å². The zero-order valence-corrected chi connectivity index (χ0v) is 32.6. The minimum Gasteiger partial charge on any atom is -0.436 e. The molecule has 268 valence electrons. The van der Waals surface area contributed by atoms with E-state index in [1.54, 1.807) is 14.6 Å². The predicted octanol–water partition coefficient (Wildman–Crippen LogP) is 7.84. The third kappa shape index (κ3) is 29.0. The second-order valence-electron chi connectivity index (χ2n) is 12.0. The minimum absolute atomic E-state index is 0. The molecule has 1 aliphatic rings. The van der Waals surface area contributed by atoms with Crippen molar-refractivity contribution < 1.29 is 53.5 Å². The number of hydrogen-bond donors (Lipinski definition) is 2. The third-order valence-corrected chi connectivity index (χ3v) is 9.19. The number of nitrogens with zero attached hydrogens (tertiary/aromatic N) is 2. The van der Waals surface area contributed by atoms with E-state index >= 15 is 0 Å². The van der Waals surface area contributed by atoms with Gasteiger partial charge < -0.3 is 33.4 Å². The van der Waals surface area contributed by atoms with Gasteiger partial charge in [0, 0.05) is 52.2 Å². The number of nitriles is 1. The second kappa shape index (κ2) is 35.6. The molecule has 0 aliphatic carbocycles. The van der Waals surface area contributed by atoms with Crippen molar-refractivity contribution >= 4 is 16.0 Å². The zero-order valence-electron chi connectivity index (χ0n) is 29.3. The van der Waals surface area contributed by atoms with Crippen LogP contribution in [0.25, 0.3) is 0 Å². The number of ether oxygens (including phenoxy) is 3. The molecule has 4 atom stereocenters. The van der Waals surface area contributed by atoms with Gasteiger partial charge in [-0.25, -0.2) is 4.67 Å². The molecular formula is C33H67BIrN2O7P. The van der Waals surface area contributed by atoms with E-state index in [4.69, 9.17) is 29.0 Å². The van der Waals surface area contributed by atoms with Crippen LogP contribution >= 0.6 is 8.53 Å². The summed E-state index contributed by atoms with van der Waals surface area (Å²) >= 11 is 0. The first-order valence-corrected chi connectivity index (χ1v) is 18.7. The molecule has 1 saturated heterocycles. The zero-order chi connectivity index (χ0) is 32.7. The van der Waals surface area contributed by atoms with E-state index in [2.05, 4.69) is 11.7 Å². The average Bonchev–Trinajstić information content (AvgIpc) is 3.45. The first-order valence-electron chi connectivity index (χ1n) is 17.5. The van der Waals surface area contributed by atoms with Crippen LogP contribution in [0.15, 0.2) is 0 Å².